The van der Waals surface area contributed by atoms with Gasteiger partial charge in [0.1, 0.15) is 0 Å². The second-order valence-electron chi connectivity index (χ2n) is 2.80. The van der Waals surface area contributed by atoms with Gasteiger partial charge in [-0.3, -0.25) is 11.2 Å². The van der Waals surface area contributed by atoms with Crippen LogP contribution in [0.1, 0.15) is 11.1 Å². The fourth-order valence-corrected chi connectivity index (χ4v) is 1.10. The fraction of sp³-hybridized carbons (Fsp3) is 0.333. The van der Waals surface area contributed by atoms with E-state index in [1.165, 1.54) is 11.1 Å². The van der Waals surface area contributed by atoms with Crippen LogP contribution in [0.3, 0.4) is 0 Å². The second-order valence-corrected chi connectivity index (χ2v) is 2.80. The van der Waals surface area contributed by atoms with Crippen molar-refractivity contribution in [2.75, 3.05) is 6.67 Å². The molecule has 0 saturated heterocycles. The van der Waals surface area contributed by atoms with E-state index in [1.807, 2.05) is 0 Å². The molecule has 0 amide bonds. The Bertz CT molecular complexity index is 235. The van der Waals surface area contributed by atoms with E-state index in [-0.39, 0.29) is 0 Å². The molecule has 0 aromatic heterocycles. The molecule has 0 unspecified atom stereocenters. The average Bonchev–Trinajstić information content (AvgIpc) is 2.05. The highest BCUT2D eigenvalue weighted by molar-refractivity contribution is 5.21. The summed E-state index contributed by atoms with van der Waals surface area (Å²) in [4.78, 5) is 0. The van der Waals surface area contributed by atoms with Crippen molar-refractivity contribution in [2.45, 2.75) is 13.5 Å². The average molecular weight is 165 g/mol. The van der Waals surface area contributed by atoms with E-state index in [2.05, 4.69) is 41.9 Å². The van der Waals surface area contributed by atoms with Gasteiger partial charge in [0.15, 0.2) is 0 Å². The summed E-state index contributed by atoms with van der Waals surface area (Å²) in [6.45, 7) is 3.57. The molecule has 66 valence electrons. The summed E-state index contributed by atoms with van der Waals surface area (Å²) in [6, 6.07) is 8.40. The summed E-state index contributed by atoms with van der Waals surface area (Å²) in [5.41, 5.74) is 5.11. The zero-order valence-electron chi connectivity index (χ0n) is 7.30. The Hall–Kier alpha value is -0.900. The quantitative estimate of drug-likeness (QED) is 0.264. The summed E-state index contributed by atoms with van der Waals surface area (Å²) in [5.74, 6) is 5.11. The van der Waals surface area contributed by atoms with Crippen LogP contribution in [0.15, 0.2) is 24.3 Å². The third kappa shape index (κ3) is 3.00. The first kappa shape index (κ1) is 9.19. The van der Waals surface area contributed by atoms with E-state index in [1.54, 1.807) is 0 Å². The normalized spacial score (nSPS) is 10.2. The zero-order chi connectivity index (χ0) is 8.81. The lowest BCUT2D eigenvalue weighted by Gasteiger charge is -2.03. The van der Waals surface area contributed by atoms with Crippen molar-refractivity contribution in [3.05, 3.63) is 35.4 Å². The van der Waals surface area contributed by atoms with Crippen LogP contribution in [-0.4, -0.2) is 6.67 Å². The Balaban J connectivity index is 2.41. The fourth-order valence-electron chi connectivity index (χ4n) is 1.10. The van der Waals surface area contributed by atoms with Crippen LogP contribution in [0, 0.1) is 6.92 Å². The van der Waals surface area contributed by atoms with Gasteiger partial charge in [0, 0.05) is 6.54 Å². The first-order chi connectivity index (χ1) is 5.83. The van der Waals surface area contributed by atoms with Gasteiger partial charge in [-0.25, -0.2) is 5.43 Å². The lowest BCUT2D eigenvalue weighted by molar-refractivity contribution is 0.601. The maximum absolute atomic E-state index is 5.11. The highest BCUT2D eigenvalue weighted by Crippen LogP contribution is 2.02. The monoisotopic (exact) mass is 165 g/mol. The van der Waals surface area contributed by atoms with Crippen LogP contribution in [0.4, 0.5) is 0 Å². The third-order valence-electron chi connectivity index (χ3n) is 1.64. The lowest BCUT2D eigenvalue weighted by atomic mass is 10.1. The van der Waals surface area contributed by atoms with Gasteiger partial charge in [0.25, 0.3) is 0 Å². The van der Waals surface area contributed by atoms with Gasteiger partial charge in [-0.05, 0) is 12.5 Å². The van der Waals surface area contributed by atoms with Crippen LogP contribution in [0.2, 0.25) is 0 Å². The number of rotatable bonds is 4. The molecule has 1 aromatic carbocycles. The van der Waals surface area contributed by atoms with Crippen LogP contribution in [0.25, 0.3) is 0 Å². The molecular weight excluding hydrogens is 150 g/mol. The van der Waals surface area contributed by atoms with E-state index in [0.717, 1.165) is 6.54 Å². The highest BCUT2D eigenvalue weighted by atomic mass is 15.3. The van der Waals surface area contributed by atoms with Crippen molar-refractivity contribution in [3.8, 4) is 0 Å². The Morgan fingerprint density at radius 3 is 2.92 bits per heavy atom. The number of benzene rings is 1. The predicted molar refractivity (Wildman–Crippen MR) is 50.2 cm³/mol. The molecule has 0 saturated carbocycles. The molecular formula is C9H15N3. The van der Waals surface area contributed by atoms with E-state index in [0.29, 0.717) is 6.67 Å². The smallest absolute Gasteiger partial charge is 0.0590 e. The maximum Gasteiger partial charge on any atom is 0.0590 e. The Morgan fingerprint density at radius 1 is 1.42 bits per heavy atom. The van der Waals surface area contributed by atoms with Crippen molar-refractivity contribution < 1.29 is 0 Å². The van der Waals surface area contributed by atoms with Crippen LogP contribution in [-0.2, 0) is 6.54 Å². The molecule has 0 spiro atoms. The Kier molecular flexibility index (Phi) is 3.73. The molecule has 3 nitrogen and oxygen atoms in total. The van der Waals surface area contributed by atoms with Crippen LogP contribution >= 0.6 is 0 Å². The van der Waals surface area contributed by atoms with E-state index in [9.17, 15) is 0 Å². The topological polar surface area (TPSA) is 50.1 Å². The highest BCUT2D eigenvalue weighted by Gasteiger charge is 1.90. The molecule has 0 radical (unpaired) electrons. The summed E-state index contributed by atoms with van der Waals surface area (Å²) in [5, 5.41) is 3.14. The minimum absolute atomic E-state index is 0.633. The number of hydrogen-bond donors (Lipinski definition) is 3. The van der Waals surface area contributed by atoms with Crippen molar-refractivity contribution in [2.24, 2.45) is 5.84 Å². The van der Waals surface area contributed by atoms with Gasteiger partial charge in [0.2, 0.25) is 0 Å². The minimum Gasteiger partial charge on any atom is -0.299 e. The van der Waals surface area contributed by atoms with E-state index >= 15 is 0 Å². The molecule has 1 aromatic rings. The molecule has 0 heterocycles. The Labute approximate surface area is 72.9 Å². The maximum atomic E-state index is 5.11. The summed E-state index contributed by atoms with van der Waals surface area (Å²) < 4.78 is 0. The van der Waals surface area contributed by atoms with Gasteiger partial charge >= 0.3 is 0 Å². The molecule has 0 aliphatic carbocycles. The van der Waals surface area contributed by atoms with Gasteiger partial charge in [-0.15, -0.1) is 0 Å². The summed E-state index contributed by atoms with van der Waals surface area (Å²) in [7, 11) is 0. The standard InChI is InChI=1S/C9H15N3/c1-8-3-2-4-9(5-8)6-11-7-12-10/h2-5,11-12H,6-7,10H2,1H3. The summed E-state index contributed by atoms with van der Waals surface area (Å²) in [6.07, 6.45) is 0. The Morgan fingerprint density at radius 2 is 2.25 bits per heavy atom. The first-order valence-electron chi connectivity index (χ1n) is 4.02. The lowest BCUT2D eigenvalue weighted by Crippen LogP contribution is -2.33. The zero-order valence-corrected chi connectivity index (χ0v) is 7.30. The molecule has 3 heteroatoms. The van der Waals surface area contributed by atoms with Crippen LogP contribution < -0.4 is 16.6 Å². The molecule has 4 N–H and O–H groups in total. The number of aryl methyl sites for hydroxylation is 1. The SMILES string of the molecule is Cc1cccc(CNCNN)c1. The molecule has 0 aliphatic heterocycles. The number of hydrazine groups is 1. The third-order valence-corrected chi connectivity index (χ3v) is 1.64. The molecule has 0 aliphatic rings. The minimum atomic E-state index is 0.633. The molecule has 12 heavy (non-hydrogen) atoms. The van der Waals surface area contributed by atoms with Crippen molar-refractivity contribution in [1.82, 2.24) is 10.7 Å². The molecule has 0 bridgehead atoms. The van der Waals surface area contributed by atoms with Gasteiger partial charge in [-0.2, -0.15) is 0 Å². The van der Waals surface area contributed by atoms with Gasteiger partial charge in [-0.1, -0.05) is 29.8 Å². The number of nitrogens with two attached hydrogens (primary N) is 1. The van der Waals surface area contributed by atoms with Crippen molar-refractivity contribution in [3.63, 3.8) is 0 Å². The number of nitrogens with one attached hydrogen (secondary N) is 2. The second kappa shape index (κ2) is 4.87. The van der Waals surface area contributed by atoms with E-state index < -0.39 is 0 Å². The summed E-state index contributed by atoms with van der Waals surface area (Å²) >= 11 is 0. The molecule has 1 rings (SSSR count). The molecule has 0 atom stereocenters. The van der Waals surface area contributed by atoms with Crippen molar-refractivity contribution >= 4 is 0 Å². The first-order valence-corrected chi connectivity index (χ1v) is 4.02. The van der Waals surface area contributed by atoms with E-state index in [4.69, 9.17) is 5.84 Å². The van der Waals surface area contributed by atoms with Gasteiger partial charge in [0.05, 0.1) is 6.67 Å². The molecule has 0 fully saturated rings. The van der Waals surface area contributed by atoms with Crippen molar-refractivity contribution in [1.29, 1.82) is 0 Å². The predicted octanol–water partition coefficient (Wildman–Crippen LogP) is 0.505. The number of hydrogen-bond acceptors (Lipinski definition) is 3. The van der Waals surface area contributed by atoms with Crippen LogP contribution in [0.5, 0.6) is 0 Å². The van der Waals surface area contributed by atoms with Gasteiger partial charge < -0.3 is 0 Å². The largest absolute Gasteiger partial charge is 0.299 e.